The molecule has 1 aromatic rings. The third-order valence-corrected chi connectivity index (χ3v) is 1.67. The van der Waals surface area contributed by atoms with Gasteiger partial charge in [-0.2, -0.15) is 0 Å². The molecule has 0 fully saturated rings. The second kappa shape index (κ2) is 3.42. The summed E-state index contributed by atoms with van der Waals surface area (Å²) in [6.07, 6.45) is 2.66. The van der Waals surface area contributed by atoms with Gasteiger partial charge in [0, 0.05) is 4.47 Å². The van der Waals surface area contributed by atoms with E-state index in [4.69, 9.17) is 5.11 Å². The Kier molecular flexibility index (Phi) is 2.51. The summed E-state index contributed by atoms with van der Waals surface area (Å²) < 4.78 is 1.04. The largest absolute Gasteiger partial charge is 0.516 e. The van der Waals surface area contributed by atoms with E-state index in [9.17, 15) is 0 Å². The number of halogens is 1. The Balaban J connectivity index is 2.89. The van der Waals surface area contributed by atoms with Crippen LogP contribution in [0.25, 0.3) is 6.08 Å². The van der Waals surface area contributed by atoms with E-state index in [0.717, 1.165) is 16.3 Å². The summed E-state index contributed by atoms with van der Waals surface area (Å²) in [5.41, 5.74) is 0.991. The quantitative estimate of drug-likeness (QED) is 0.689. The molecule has 0 heterocycles. The van der Waals surface area contributed by atoms with Crippen LogP contribution in [0.1, 0.15) is 5.56 Å². The molecule has 0 spiro atoms. The van der Waals surface area contributed by atoms with Gasteiger partial charge in [0.15, 0.2) is 0 Å². The maximum Gasteiger partial charge on any atom is 0.0797 e. The van der Waals surface area contributed by atoms with E-state index in [1.807, 2.05) is 24.3 Å². The minimum absolute atomic E-state index is 0.991. The molecule has 0 aliphatic rings. The zero-order valence-corrected chi connectivity index (χ0v) is 6.88. The number of hydrogen-bond acceptors (Lipinski definition) is 1. The standard InChI is InChI=1S/C8H7BrO/c9-8-3-1-7(2-4-8)5-6-10/h1-6,10H. The van der Waals surface area contributed by atoms with Gasteiger partial charge in [0.1, 0.15) is 0 Å². The molecule has 1 rings (SSSR count). The number of aliphatic hydroxyl groups is 1. The van der Waals surface area contributed by atoms with E-state index < -0.39 is 0 Å². The molecule has 0 amide bonds. The van der Waals surface area contributed by atoms with Crippen LogP contribution in [0.4, 0.5) is 0 Å². The minimum atomic E-state index is 0.991. The molecule has 52 valence electrons. The SMILES string of the molecule is OC=Cc1ccc(Br)cc1. The van der Waals surface area contributed by atoms with Crippen molar-refractivity contribution in [3.05, 3.63) is 40.6 Å². The summed E-state index contributed by atoms with van der Waals surface area (Å²) in [7, 11) is 0. The van der Waals surface area contributed by atoms with Crippen LogP contribution < -0.4 is 0 Å². The number of rotatable bonds is 1. The molecule has 1 nitrogen and oxygen atoms in total. The van der Waals surface area contributed by atoms with E-state index in [-0.39, 0.29) is 0 Å². The van der Waals surface area contributed by atoms with Crippen molar-refractivity contribution in [3.63, 3.8) is 0 Å². The molecule has 0 radical (unpaired) electrons. The van der Waals surface area contributed by atoms with Crippen LogP contribution in [0, 0.1) is 0 Å². The fourth-order valence-electron chi connectivity index (χ4n) is 0.660. The van der Waals surface area contributed by atoms with E-state index in [2.05, 4.69) is 15.9 Å². The highest BCUT2D eigenvalue weighted by molar-refractivity contribution is 9.10. The van der Waals surface area contributed by atoms with Crippen molar-refractivity contribution < 1.29 is 5.11 Å². The molecule has 0 atom stereocenters. The van der Waals surface area contributed by atoms with Crippen molar-refractivity contribution in [2.75, 3.05) is 0 Å². The van der Waals surface area contributed by atoms with Crippen LogP contribution in [-0.4, -0.2) is 5.11 Å². The number of benzene rings is 1. The first-order chi connectivity index (χ1) is 4.83. The second-order valence-corrected chi connectivity index (χ2v) is 2.78. The third-order valence-electron chi connectivity index (χ3n) is 1.14. The fraction of sp³-hybridized carbons (Fsp3) is 0. The second-order valence-electron chi connectivity index (χ2n) is 1.87. The van der Waals surface area contributed by atoms with Gasteiger partial charge in [0.05, 0.1) is 6.26 Å². The molecule has 0 bridgehead atoms. The highest BCUT2D eigenvalue weighted by atomic mass is 79.9. The Morgan fingerprint density at radius 3 is 2.30 bits per heavy atom. The smallest absolute Gasteiger partial charge is 0.0797 e. The topological polar surface area (TPSA) is 20.2 Å². The lowest BCUT2D eigenvalue weighted by atomic mass is 10.2. The lowest BCUT2D eigenvalue weighted by molar-refractivity contribution is 0.478. The van der Waals surface area contributed by atoms with E-state index in [1.54, 1.807) is 6.08 Å². The normalized spacial score (nSPS) is 10.5. The van der Waals surface area contributed by atoms with Crippen molar-refractivity contribution in [3.8, 4) is 0 Å². The molecule has 0 unspecified atom stereocenters. The van der Waals surface area contributed by atoms with Gasteiger partial charge in [0.25, 0.3) is 0 Å². The van der Waals surface area contributed by atoms with Gasteiger partial charge in [-0.15, -0.1) is 0 Å². The van der Waals surface area contributed by atoms with Crippen molar-refractivity contribution in [2.45, 2.75) is 0 Å². The Morgan fingerprint density at radius 2 is 1.80 bits per heavy atom. The van der Waals surface area contributed by atoms with Crippen molar-refractivity contribution >= 4 is 22.0 Å². The van der Waals surface area contributed by atoms with Crippen molar-refractivity contribution in [1.82, 2.24) is 0 Å². The van der Waals surface area contributed by atoms with Crippen molar-refractivity contribution in [2.24, 2.45) is 0 Å². The van der Waals surface area contributed by atoms with E-state index in [1.165, 1.54) is 0 Å². The van der Waals surface area contributed by atoms with Gasteiger partial charge in [-0.1, -0.05) is 28.1 Å². The molecule has 0 saturated carbocycles. The highest BCUT2D eigenvalue weighted by Crippen LogP contribution is 2.10. The first-order valence-electron chi connectivity index (χ1n) is 2.89. The first kappa shape index (κ1) is 7.35. The lowest BCUT2D eigenvalue weighted by Crippen LogP contribution is -1.69. The monoisotopic (exact) mass is 198 g/mol. The Hall–Kier alpha value is -0.760. The first-order valence-corrected chi connectivity index (χ1v) is 3.68. The summed E-state index contributed by atoms with van der Waals surface area (Å²) in [6, 6.07) is 7.68. The van der Waals surface area contributed by atoms with E-state index in [0.29, 0.717) is 0 Å². The molecular weight excluding hydrogens is 192 g/mol. The van der Waals surface area contributed by atoms with Gasteiger partial charge in [-0.3, -0.25) is 0 Å². The van der Waals surface area contributed by atoms with Gasteiger partial charge < -0.3 is 5.11 Å². The van der Waals surface area contributed by atoms with Gasteiger partial charge in [-0.25, -0.2) is 0 Å². The maximum atomic E-state index is 8.40. The van der Waals surface area contributed by atoms with Crippen LogP contribution in [0.3, 0.4) is 0 Å². The zero-order valence-electron chi connectivity index (χ0n) is 5.29. The predicted molar refractivity (Wildman–Crippen MR) is 45.8 cm³/mol. The van der Waals surface area contributed by atoms with Crippen LogP contribution >= 0.6 is 15.9 Å². The molecule has 0 saturated heterocycles. The Bertz CT molecular complexity index is 226. The average molecular weight is 199 g/mol. The molecule has 10 heavy (non-hydrogen) atoms. The molecule has 1 N–H and O–H groups in total. The van der Waals surface area contributed by atoms with Crippen LogP contribution in [0.2, 0.25) is 0 Å². The van der Waals surface area contributed by atoms with Crippen LogP contribution in [-0.2, 0) is 0 Å². The maximum absolute atomic E-state index is 8.40. The Labute approximate surface area is 68.1 Å². The average Bonchev–Trinajstić information content (AvgIpc) is 1.95. The fourth-order valence-corrected chi connectivity index (χ4v) is 0.924. The zero-order chi connectivity index (χ0) is 7.40. The van der Waals surface area contributed by atoms with Gasteiger partial charge >= 0.3 is 0 Å². The molecule has 0 aromatic heterocycles. The lowest BCUT2D eigenvalue weighted by Gasteiger charge is -1.90. The predicted octanol–water partition coefficient (Wildman–Crippen LogP) is 2.98. The summed E-state index contributed by atoms with van der Waals surface area (Å²) in [5.74, 6) is 0. The summed E-state index contributed by atoms with van der Waals surface area (Å²) in [6.45, 7) is 0. The summed E-state index contributed by atoms with van der Waals surface area (Å²) in [4.78, 5) is 0. The summed E-state index contributed by atoms with van der Waals surface area (Å²) >= 11 is 3.31. The Morgan fingerprint density at radius 1 is 1.20 bits per heavy atom. The number of aliphatic hydroxyl groups excluding tert-OH is 1. The molecular formula is C8H7BrO. The molecule has 0 aliphatic carbocycles. The highest BCUT2D eigenvalue weighted by Gasteiger charge is 1.85. The van der Waals surface area contributed by atoms with Gasteiger partial charge in [0.2, 0.25) is 0 Å². The molecule has 2 heteroatoms. The minimum Gasteiger partial charge on any atom is -0.516 e. The number of hydrogen-bond donors (Lipinski definition) is 1. The van der Waals surface area contributed by atoms with E-state index >= 15 is 0 Å². The van der Waals surface area contributed by atoms with Crippen LogP contribution in [0.5, 0.6) is 0 Å². The van der Waals surface area contributed by atoms with Crippen molar-refractivity contribution in [1.29, 1.82) is 0 Å². The third kappa shape index (κ3) is 1.88. The molecule has 0 aliphatic heterocycles. The molecule has 1 aromatic carbocycles. The van der Waals surface area contributed by atoms with Gasteiger partial charge in [-0.05, 0) is 23.8 Å². The summed E-state index contributed by atoms with van der Waals surface area (Å²) in [5, 5.41) is 8.40. The van der Waals surface area contributed by atoms with Crippen LogP contribution in [0.15, 0.2) is 35.0 Å².